The smallest absolute Gasteiger partial charge is 0.257 e. The molecule has 0 radical (unpaired) electrons. The van der Waals surface area contributed by atoms with Gasteiger partial charge in [0.25, 0.3) is 5.91 Å². The predicted molar refractivity (Wildman–Crippen MR) is 94.8 cm³/mol. The lowest BCUT2D eigenvalue weighted by Gasteiger charge is -2.36. The fourth-order valence-electron chi connectivity index (χ4n) is 3.65. The van der Waals surface area contributed by atoms with Gasteiger partial charge in [-0.05, 0) is 32.8 Å². The second-order valence-electron chi connectivity index (χ2n) is 7.20. The molecule has 0 saturated carbocycles. The second kappa shape index (κ2) is 8.68. The quantitative estimate of drug-likeness (QED) is 0.771. The fraction of sp³-hybridized carbons (Fsp3) is 0.684. The number of carbonyl (C=O) groups is 2. The second-order valence-corrected chi connectivity index (χ2v) is 7.20. The van der Waals surface area contributed by atoms with E-state index in [-0.39, 0.29) is 30.1 Å². The molecule has 144 valence electrons. The number of carbonyl (C=O) groups excluding carboxylic acids is 2. The molecule has 2 amide bonds. The maximum atomic E-state index is 12.8. The Balaban J connectivity index is 1.59. The standard InChI is InChI=1S/C19H28N2O5/c1-14-10-21(11-15(2)26-14)18(22)5-7-20(12-17-4-3-8-25-17)19(23)16-6-9-24-13-16/h6,9,13-15,17H,3-5,7-8,10-12H2,1-2H3/t14-,15-,17-/m0/s1. The Labute approximate surface area is 154 Å². The molecule has 2 fully saturated rings. The van der Waals surface area contributed by atoms with Crippen molar-refractivity contribution >= 4 is 11.8 Å². The minimum Gasteiger partial charge on any atom is -0.472 e. The van der Waals surface area contributed by atoms with Crippen LogP contribution in [0, 0.1) is 0 Å². The Hall–Kier alpha value is -1.86. The van der Waals surface area contributed by atoms with Crippen molar-refractivity contribution in [2.75, 3.05) is 32.8 Å². The van der Waals surface area contributed by atoms with E-state index in [4.69, 9.17) is 13.9 Å². The Morgan fingerprint density at radius 3 is 2.65 bits per heavy atom. The van der Waals surface area contributed by atoms with E-state index in [1.165, 1.54) is 12.5 Å². The molecule has 7 heteroatoms. The Kier molecular flexibility index (Phi) is 6.32. The Bertz CT molecular complexity index is 587. The molecule has 1 aromatic rings. The van der Waals surface area contributed by atoms with E-state index in [1.54, 1.807) is 11.0 Å². The Morgan fingerprint density at radius 2 is 2.04 bits per heavy atom. The van der Waals surface area contributed by atoms with Crippen LogP contribution in [0.4, 0.5) is 0 Å². The molecule has 26 heavy (non-hydrogen) atoms. The molecule has 2 aliphatic rings. The van der Waals surface area contributed by atoms with E-state index < -0.39 is 0 Å². The number of morpholine rings is 1. The summed E-state index contributed by atoms with van der Waals surface area (Å²) in [6, 6.07) is 1.65. The van der Waals surface area contributed by atoms with Gasteiger partial charge in [0.1, 0.15) is 6.26 Å². The summed E-state index contributed by atoms with van der Waals surface area (Å²) in [5.74, 6) is -0.0601. The van der Waals surface area contributed by atoms with Crippen LogP contribution in [0.3, 0.4) is 0 Å². The van der Waals surface area contributed by atoms with Gasteiger partial charge in [-0.2, -0.15) is 0 Å². The molecule has 2 saturated heterocycles. The normalized spacial score (nSPS) is 26.1. The zero-order chi connectivity index (χ0) is 18.5. The molecule has 7 nitrogen and oxygen atoms in total. The lowest BCUT2D eigenvalue weighted by atomic mass is 10.2. The maximum absolute atomic E-state index is 12.8. The van der Waals surface area contributed by atoms with Crippen LogP contribution in [0.1, 0.15) is 43.5 Å². The molecule has 3 rings (SSSR count). The molecule has 1 aromatic heterocycles. The highest BCUT2D eigenvalue weighted by molar-refractivity contribution is 5.94. The summed E-state index contributed by atoms with van der Waals surface area (Å²) in [5.41, 5.74) is 0.504. The first-order valence-corrected chi connectivity index (χ1v) is 9.39. The third-order valence-electron chi connectivity index (χ3n) is 4.87. The number of ether oxygens (including phenoxy) is 2. The molecule has 0 spiro atoms. The van der Waals surface area contributed by atoms with Crippen LogP contribution in [0.15, 0.2) is 23.0 Å². The van der Waals surface area contributed by atoms with Crippen LogP contribution in [0.2, 0.25) is 0 Å². The van der Waals surface area contributed by atoms with E-state index >= 15 is 0 Å². The maximum Gasteiger partial charge on any atom is 0.257 e. The lowest BCUT2D eigenvalue weighted by molar-refractivity contribution is -0.143. The first-order valence-electron chi connectivity index (χ1n) is 9.39. The third kappa shape index (κ3) is 4.86. The summed E-state index contributed by atoms with van der Waals surface area (Å²) in [4.78, 5) is 28.9. The van der Waals surface area contributed by atoms with Gasteiger partial charge in [0.15, 0.2) is 0 Å². The number of nitrogens with zero attached hydrogens (tertiary/aromatic N) is 2. The van der Waals surface area contributed by atoms with Gasteiger partial charge >= 0.3 is 0 Å². The number of rotatable bonds is 6. The molecule has 0 bridgehead atoms. The zero-order valence-corrected chi connectivity index (χ0v) is 15.6. The van der Waals surface area contributed by atoms with Crippen LogP contribution in [-0.4, -0.2) is 72.7 Å². The number of hydrogen-bond donors (Lipinski definition) is 0. The highest BCUT2D eigenvalue weighted by Gasteiger charge is 2.28. The predicted octanol–water partition coefficient (Wildman–Crippen LogP) is 1.93. The minimum absolute atomic E-state index is 0.0401. The van der Waals surface area contributed by atoms with Crippen molar-refractivity contribution in [3.63, 3.8) is 0 Å². The minimum atomic E-state index is -0.120. The third-order valence-corrected chi connectivity index (χ3v) is 4.87. The van der Waals surface area contributed by atoms with Crippen molar-refractivity contribution in [2.24, 2.45) is 0 Å². The molecule has 3 atom stereocenters. The first-order chi connectivity index (χ1) is 12.5. The summed E-state index contributed by atoms with van der Waals surface area (Å²) in [6.45, 7) is 6.77. The van der Waals surface area contributed by atoms with Crippen molar-refractivity contribution in [1.82, 2.24) is 9.80 Å². The molecule has 0 aliphatic carbocycles. The topological polar surface area (TPSA) is 72.2 Å². The van der Waals surface area contributed by atoms with Gasteiger partial charge in [0, 0.05) is 39.2 Å². The van der Waals surface area contributed by atoms with Crippen molar-refractivity contribution < 1.29 is 23.5 Å². The van der Waals surface area contributed by atoms with E-state index in [9.17, 15) is 9.59 Å². The number of amides is 2. The Morgan fingerprint density at radius 1 is 1.27 bits per heavy atom. The van der Waals surface area contributed by atoms with Crippen LogP contribution >= 0.6 is 0 Å². The van der Waals surface area contributed by atoms with Gasteiger partial charge in [-0.3, -0.25) is 9.59 Å². The van der Waals surface area contributed by atoms with Gasteiger partial charge < -0.3 is 23.7 Å². The van der Waals surface area contributed by atoms with Crippen LogP contribution < -0.4 is 0 Å². The van der Waals surface area contributed by atoms with Crippen molar-refractivity contribution in [3.8, 4) is 0 Å². The molecule has 0 unspecified atom stereocenters. The summed E-state index contributed by atoms with van der Waals surface area (Å²) in [6.07, 6.45) is 5.32. The fourth-order valence-corrected chi connectivity index (χ4v) is 3.65. The lowest BCUT2D eigenvalue weighted by Crippen LogP contribution is -2.49. The largest absolute Gasteiger partial charge is 0.472 e. The van der Waals surface area contributed by atoms with Crippen molar-refractivity contribution in [2.45, 2.75) is 51.4 Å². The summed E-state index contributed by atoms with van der Waals surface area (Å²) in [7, 11) is 0. The molecular weight excluding hydrogens is 336 g/mol. The van der Waals surface area contributed by atoms with Gasteiger partial charge in [-0.15, -0.1) is 0 Å². The number of hydrogen-bond acceptors (Lipinski definition) is 5. The average molecular weight is 364 g/mol. The van der Waals surface area contributed by atoms with Gasteiger partial charge in [-0.1, -0.05) is 0 Å². The van der Waals surface area contributed by atoms with E-state index in [0.717, 1.165) is 19.4 Å². The van der Waals surface area contributed by atoms with Gasteiger partial charge in [0.05, 0.1) is 30.1 Å². The van der Waals surface area contributed by atoms with Gasteiger partial charge in [0.2, 0.25) is 5.91 Å². The highest BCUT2D eigenvalue weighted by atomic mass is 16.5. The summed E-state index contributed by atoms with van der Waals surface area (Å²) < 4.78 is 16.4. The summed E-state index contributed by atoms with van der Waals surface area (Å²) >= 11 is 0. The zero-order valence-electron chi connectivity index (χ0n) is 15.6. The number of furan rings is 1. The summed E-state index contributed by atoms with van der Waals surface area (Å²) in [5, 5.41) is 0. The molecule has 2 aliphatic heterocycles. The monoisotopic (exact) mass is 364 g/mol. The van der Waals surface area contributed by atoms with Gasteiger partial charge in [-0.25, -0.2) is 0 Å². The first kappa shape index (κ1) is 18.9. The van der Waals surface area contributed by atoms with Crippen molar-refractivity contribution in [3.05, 3.63) is 24.2 Å². The molecular formula is C19H28N2O5. The van der Waals surface area contributed by atoms with Crippen molar-refractivity contribution in [1.29, 1.82) is 0 Å². The average Bonchev–Trinajstić information content (AvgIpc) is 3.30. The van der Waals surface area contributed by atoms with E-state index in [2.05, 4.69) is 0 Å². The van der Waals surface area contributed by atoms with E-state index in [0.29, 0.717) is 38.2 Å². The molecule has 0 N–H and O–H groups in total. The van der Waals surface area contributed by atoms with E-state index in [1.807, 2.05) is 18.7 Å². The van der Waals surface area contributed by atoms with Crippen LogP contribution in [0.5, 0.6) is 0 Å². The van der Waals surface area contributed by atoms with Crippen LogP contribution in [-0.2, 0) is 14.3 Å². The highest BCUT2D eigenvalue weighted by Crippen LogP contribution is 2.17. The SMILES string of the molecule is C[C@H]1CN(C(=O)CCN(C[C@@H]2CCCO2)C(=O)c2ccoc2)C[C@H](C)O1. The molecule has 3 heterocycles. The molecule has 0 aromatic carbocycles. The van der Waals surface area contributed by atoms with Crippen LogP contribution in [0.25, 0.3) is 0 Å².